The van der Waals surface area contributed by atoms with Gasteiger partial charge in [-0.2, -0.15) is 0 Å². The van der Waals surface area contributed by atoms with Crippen molar-refractivity contribution in [3.8, 4) is 0 Å². The van der Waals surface area contributed by atoms with Crippen LogP contribution in [-0.2, 0) is 16.6 Å². The van der Waals surface area contributed by atoms with Crippen LogP contribution in [0.5, 0.6) is 0 Å². The first-order valence-corrected chi connectivity index (χ1v) is 9.28. The van der Waals surface area contributed by atoms with Gasteiger partial charge in [0.25, 0.3) is 0 Å². The van der Waals surface area contributed by atoms with Gasteiger partial charge in [-0.05, 0) is 37.7 Å². The largest absolute Gasteiger partial charge is 0.363 e. The minimum Gasteiger partial charge on any atom is -0.363 e. The zero-order chi connectivity index (χ0) is 15.5. The molecule has 0 atom stereocenters. The minimum absolute atomic E-state index is 0.0818. The Balaban J connectivity index is 1.96. The molecule has 1 aromatic heterocycles. The fourth-order valence-electron chi connectivity index (χ4n) is 2.66. The summed E-state index contributed by atoms with van der Waals surface area (Å²) in [5.41, 5.74) is 0.890. The summed E-state index contributed by atoms with van der Waals surface area (Å²) in [4.78, 5) is 3.36. The average molecular weight is 313 g/mol. The van der Waals surface area contributed by atoms with Gasteiger partial charge in [0.1, 0.15) is 0 Å². The maximum atomic E-state index is 12.4. The predicted octanol–water partition coefficient (Wildman–Crippen LogP) is 2.37. The molecule has 2 rings (SSSR count). The summed E-state index contributed by atoms with van der Waals surface area (Å²) in [6.07, 6.45) is 5.65. The molecule has 0 radical (unpaired) electrons. The third-order valence-electron chi connectivity index (χ3n) is 4.07. The Morgan fingerprint density at radius 2 is 1.95 bits per heavy atom. The van der Waals surface area contributed by atoms with E-state index in [4.69, 9.17) is 0 Å². The van der Waals surface area contributed by atoms with E-state index in [1.165, 1.54) is 0 Å². The molecule has 21 heavy (non-hydrogen) atoms. The molecule has 120 valence electrons. The second-order valence-corrected chi connectivity index (χ2v) is 8.19. The van der Waals surface area contributed by atoms with Crippen LogP contribution in [0, 0.1) is 5.92 Å². The van der Waals surface area contributed by atoms with Gasteiger partial charge < -0.3 is 10.3 Å². The Hall–Kier alpha value is -0.850. The lowest BCUT2D eigenvalue weighted by atomic mass is 9.88. The van der Waals surface area contributed by atoms with E-state index in [9.17, 15) is 8.42 Å². The molecule has 6 heteroatoms. The SMILES string of the molecule is CC1CCC(NS(=O)(=O)c2c[nH]c(CNC(C)C)c2)CC1. The van der Waals surface area contributed by atoms with Crippen molar-refractivity contribution in [3.63, 3.8) is 0 Å². The smallest absolute Gasteiger partial charge is 0.242 e. The molecule has 1 fully saturated rings. The Kier molecular flexibility index (Phi) is 5.46. The van der Waals surface area contributed by atoms with Gasteiger partial charge in [-0.3, -0.25) is 0 Å². The lowest BCUT2D eigenvalue weighted by molar-refractivity contribution is 0.332. The summed E-state index contributed by atoms with van der Waals surface area (Å²) >= 11 is 0. The number of hydrogen-bond acceptors (Lipinski definition) is 3. The van der Waals surface area contributed by atoms with E-state index in [0.717, 1.165) is 31.4 Å². The highest BCUT2D eigenvalue weighted by atomic mass is 32.2. The summed E-state index contributed by atoms with van der Waals surface area (Å²) in [7, 11) is -3.40. The molecule has 1 saturated carbocycles. The number of nitrogens with one attached hydrogen (secondary N) is 3. The van der Waals surface area contributed by atoms with E-state index in [-0.39, 0.29) is 6.04 Å². The first-order chi connectivity index (χ1) is 9.87. The fraction of sp³-hybridized carbons (Fsp3) is 0.733. The number of sulfonamides is 1. The van der Waals surface area contributed by atoms with Gasteiger partial charge in [0.2, 0.25) is 10.0 Å². The average Bonchev–Trinajstić information content (AvgIpc) is 2.88. The molecule has 0 saturated heterocycles. The van der Waals surface area contributed by atoms with Gasteiger partial charge in [0, 0.05) is 30.5 Å². The topological polar surface area (TPSA) is 74.0 Å². The van der Waals surface area contributed by atoms with E-state index in [1.807, 2.05) is 0 Å². The van der Waals surface area contributed by atoms with Crippen LogP contribution in [0.2, 0.25) is 0 Å². The lowest BCUT2D eigenvalue weighted by Crippen LogP contribution is -2.37. The van der Waals surface area contributed by atoms with Crippen molar-refractivity contribution in [3.05, 3.63) is 18.0 Å². The predicted molar refractivity (Wildman–Crippen MR) is 84.5 cm³/mol. The molecule has 0 aromatic carbocycles. The van der Waals surface area contributed by atoms with E-state index in [2.05, 4.69) is 35.8 Å². The van der Waals surface area contributed by atoms with E-state index in [0.29, 0.717) is 23.4 Å². The van der Waals surface area contributed by atoms with E-state index < -0.39 is 10.0 Å². The Labute approximate surface area is 128 Å². The second kappa shape index (κ2) is 6.94. The van der Waals surface area contributed by atoms with Crippen molar-refractivity contribution in [2.24, 2.45) is 5.92 Å². The lowest BCUT2D eigenvalue weighted by Gasteiger charge is -2.26. The number of rotatable bonds is 6. The molecule has 1 aliphatic rings. The highest BCUT2D eigenvalue weighted by Crippen LogP contribution is 2.24. The first-order valence-electron chi connectivity index (χ1n) is 7.80. The molecule has 3 N–H and O–H groups in total. The van der Waals surface area contributed by atoms with Crippen LogP contribution in [0.4, 0.5) is 0 Å². The van der Waals surface area contributed by atoms with Gasteiger partial charge in [-0.25, -0.2) is 13.1 Å². The molecule has 0 spiro atoms. The van der Waals surface area contributed by atoms with E-state index in [1.54, 1.807) is 12.3 Å². The monoisotopic (exact) mass is 313 g/mol. The number of aromatic amines is 1. The maximum Gasteiger partial charge on any atom is 0.242 e. The normalized spacial score (nSPS) is 23.6. The van der Waals surface area contributed by atoms with Crippen LogP contribution < -0.4 is 10.0 Å². The van der Waals surface area contributed by atoms with Crippen molar-refractivity contribution in [2.45, 2.75) is 70.0 Å². The van der Waals surface area contributed by atoms with Crippen LogP contribution in [0.25, 0.3) is 0 Å². The minimum atomic E-state index is -3.40. The molecule has 0 aliphatic heterocycles. The maximum absolute atomic E-state index is 12.4. The van der Waals surface area contributed by atoms with Gasteiger partial charge in [-0.15, -0.1) is 0 Å². The highest BCUT2D eigenvalue weighted by molar-refractivity contribution is 7.89. The van der Waals surface area contributed by atoms with Crippen LogP contribution in [0.15, 0.2) is 17.2 Å². The number of aromatic nitrogens is 1. The third kappa shape index (κ3) is 4.83. The van der Waals surface area contributed by atoms with E-state index >= 15 is 0 Å². The van der Waals surface area contributed by atoms with Gasteiger partial charge in [0.05, 0.1) is 4.90 Å². The van der Waals surface area contributed by atoms with Crippen LogP contribution >= 0.6 is 0 Å². The highest BCUT2D eigenvalue weighted by Gasteiger charge is 2.24. The van der Waals surface area contributed by atoms with Gasteiger partial charge >= 0.3 is 0 Å². The van der Waals surface area contributed by atoms with Crippen LogP contribution in [-0.4, -0.2) is 25.5 Å². The van der Waals surface area contributed by atoms with Crippen molar-refractivity contribution in [2.75, 3.05) is 0 Å². The molecule has 0 amide bonds. The summed E-state index contributed by atoms with van der Waals surface area (Å²) in [6.45, 7) is 7.00. The summed E-state index contributed by atoms with van der Waals surface area (Å²) < 4.78 is 27.6. The van der Waals surface area contributed by atoms with Crippen molar-refractivity contribution >= 4 is 10.0 Å². The summed E-state index contributed by atoms with van der Waals surface area (Å²) in [5, 5.41) is 3.27. The van der Waals surface area contributed by atoms with Crippen LogP contribution in [0.1, 0.15) is 52.1 Å². The molecule has 0 unspecified atom stereocenters. The summed E-state index contributed by atoms with van der Waals surface area (Å²) in [5.74, 6) is 0.715. The van der Waals surface area contributed by atoms with Crippen molar-refractivity contribution in [1.82, 2.24) is 15.0 Å². The van der Waals surface area contributed by atoms with Crippen molar-refractivity contribution in [1.29, 1.82) is 0 Å². The van der Waals surface area contributed by atoms with Crippen LogP contribution in [0.3, 0.4) is 0 Å². The fourth-order valence-corrected chi connectivity index (χ4v) is 3.98. The quantitative estimate of drug-likeness (QED) is 0.755. The second-order valence-electron chi connectivity index (χ2n) is 6.47. The molecular formula is C15H27N3O2S. The van der Waals surface area contributed by atoms with Gasteiger partial charge in [0.15, 0.2) is 0 Å². The van der Waals surface area contributed by atoms with Gasteiger partial charge in [-0.1, -0.05) is 20.8 Å². The Morgan fingerprint density at radius 1 is 1.29 bits per heavy atom. The summed E-state index contributed by atoms with van der Waals surface area (Å²) in [6, 6.07) is 2.16. The van der Waals surface area contributed by atoms with Crippen molar-refractivity contribution < 1.29 is 8.42 Å². The molecule has 1 aliphatic carbocycles. The molecule has 1 aromatic rings. The number of hydrogen-bond donors (Lipinski definition) is 3. The standard InChI is InChI=1S/C15H27N3O2S/c1-11(2)16-9-14-8-15(10-17-14)21(19,20)18-13-6-4-12(3)5-7-13/h8,10-13,16-18H,4-7,9H2,1-3H3. The Morgan fingerprint density at radius 3 is 2.57 bits per heavy atom. The zero-order valence-electron chi connectivity index (χ0n) is 13.1. The number of H-pyrrole nitrogens is 1. The molecule has 1 heterocycles. The Bertz CT molecular complexity index is 543. The molecule has 5 nitrogen and oxygen atoms in total. The third-order valence-corrected chi connectivity index (χ3v) is 5.56. The zero-order valence-corrected chi connectivity index (χ0v) is 14.0. The molecule has 0 bridgehead atoms. The molecular weight excluding hydrogens is 286 g/mol. The first kappa shape index (κ1) is 16.5.